The van der Waals surface area contributed by atoms with Crippen LogP contribution in [0.25, 0.3) is 0 Å². The Labute approximate surface area is 187 Å². The molecule has 1 heterocycles. The number of hydrogen-bond acceptors (Lipinski definition) is 4. The van der Waals surface area contributed by atoms with Crippen molar-refractivity contribution in [2.75, 3.05) is 25.0 Å². The topological polar surface area (TPSA) is 95.6 Å². The number of anilines is 1. The first-order chi connectivity index (χ1) is 14.8. The summed E-state index contributed by atoms with van der Waals surface area (Å²) in [5.74, 6) is -1.07. The number of piperidine rings is 1. The van der Waals surface area contributed by atoms with Gasteiger partial charge >= 0.3 is 0 Å². The number of nitrogens with zero attached hydrogens (tertiary/aromatic N) is 1. The van der Waals surface area contributed by atoms with Crippen LogP contribution >= 0.6 is 11.6 Å². The molecule has 1 aliphatic rings. The molecular formula is C22H26ClN3O4S. The van der Waals surface area contributed by atoms with Crippen molar-refractivity contribution in [2.45, 2.75) is 31.1 Å². The molecule has 2 N–H and O–H groups in total. The maximum atomic E-state index is 13.0. The summed E-state index contributed by atoms with van der Waals surface area (Å²) in [4.78, 5) is 25.5. The zero-order valence-electron chi connectivity index (χ0n) is 17.3. The number of hydrogen-bond donors (Lipinski definition) is 2. The van der Waals surface area contributed by atoms with Crippen molar-refractivity contribution >= 4 is 39.1 Å². The third-order valence-corrected chi connectivity index (χ3v) is 7.30. The summed E-state index contributed by atoms with van der Waals surface area (Å²) in [7, 11) is -3.72. The van der Waals surface area contributed by atoms with Crippen LogP contribution in [0.3, 0.4) is 0 Å². The Morgan fingerprint density at radius 1 is 1.13 bits per heavy atom. The molecule has 166 valence electrons. The first-order valence-electron chi connectivity index (χ1n) is 10.3. The molecule has 0 aromatic heterocycles. The lowest BCUT2D eigenvalue weighted by Crippen LogP contribution is -2.43. The highest BCUT2D eigenvalue weighted by molar-refractivity contribution is 7.89. The summed E-state index contributed by atoms with van der Waals surface area (Å²) in [6, 6.07) is 12.8. The smallest absolute Gasteiger partial charge is 0.253 e. The van der Waals surface area contributed by atoms with Crippen LogP contribution in [0, 0.1) is 5.92 Å². The summed E-state index contributed by atoms with van der Waals surface area (Å²) in [5, 5.41) is 6.08. The summed E-state index contributed by atoms with van der Waals surface area (Å²) in [6.07, 6.45) is 1.95. The lowest BCUT2D eigenvalue weighted by atomic mass is 9.98. The summed E-state index contributed by atoms with van der Waals surface area (Å²) >= 11 is 5.86. The highest BCUT2D eigenvalue weighted by Gasteiger charge is 2.33. The van der Waals surface area contributed by atoms with E-state index in [1.54, 1.807) is 24.3 Å². The number of carbonyl (C=O) groups excluding carboxylic acids is 2. The zero-order valence-corrected chi connectivity index (χ0v) is 18.9. The Bertz CT molecular complexity index is 1040. The minimum Gasteiger partial charge on any atom is -0.352 e. The van der Waals surface area contributed by atoms with Gasteiger partial charge in [0.15, 0.2) is 0 Å². The van der Waals surface area contributed by atoms with Crippen molar-refractivity contribution in [1.29, 1.82) is 0 Å². The zero-order chi connectivity index (χ0) is 22.4. The first kappa shape index (κ1) is 23.2. The van der Waals surface area contributed by atoms with E-state index in [1.165, 1.54) is 28.6 Å². The number of nitrogens with one attached hydrogen (secondary N) is 2. The van der Waals surface area contributed by atoms with Gasteiger partial charge in [-0.3, -0.25) is 9.59 Å². The molecule has 0 radical (unpaired) electrons. The Kier molecular flexibility index (Phi) is 7.69. The van der Waals surface area contributed by atoms with Gasteiger partial charge in [0.25, 0.3) is 5.91 Å². The van der Waals surface area contributed by atoms with Gasteiger partial charge in [-0.1, -0.05) is 30.7 Å². The quantitative estimate of drug-likeness (QED) is 0.656. The predicted octanol–water partition coefficient (Wildman–Crippen LogP) is 3.52. The van der Waals surface area contributed by atoms with Gasteiger partial charge in [0.1, 0.15) is 0 Å². The van der Waals surface area contributed by atoms with Crippen LogP contribution in [0.2, 0.25) is 5.02 Å². The largest absolute Gasteiger partial charge is 0.352 e. The van der Waals surface area contributed by atoms with E-state index in [0.717, 1.165) is 6.42 Å². The maximum absolute atomic E-state index is 13.0. The number of benzene rings is 2. The SMILES string of the molecule is CCCNC(=O)c1ccccc1NC(=O)[C@H]1CCCN(S(=O)(=O)c2ccc(Cl)cc2)C1. The lowest BCUT2D eigenvalue weighted by molar-refractivity contribution is -0.120. The van der Waals surface area contributed by atoms with E-state index in [2.05, 4.69) is 10.6 Å². The molecular weight excluding hydrogens is 438 g/mol. The molecule has 2 amide bonds. The predicted molar refractivity (Wildman–Crippen MR) is 121 cm³/mol. The third-order valence-electron chi connectivity index (χ3n) is 5.17. The van der Waals surface area contributed by atoms with Crippen molar-refractivity contribution in [2.24, 2.45) is 5.92 Å². The fourth-order valence-electron chi connectivity index (χ4n) is 3.49. The Morgan fingerprint density at radius 2 is 1.84 bits per heavy atom. The van der Waals surface area contributed by atoms with Gasteiger partial charge in [-0.2, -0.15) is 4.31 Å². The fraction of sp³-hybridized carbons (Fsp3) is 0.364. The Morgan fingerprint density at radius 3 is 2.55 bits per heavy atom. The molecule has 0 spiro atoms. The van der Waals surface area contributed by atoms with Crippen LogP contribution in [0.15, 0.2) is 53.4 Å². The Balaban J connectivity index is 1.72. The number of amides is 2. The van der Waals surface area contributed by atoms with Gasteiger partial charge in [-0.15, -0.1) is 0 Å². The average molecular weight is 464 g/mol. The van der Waals surface area contributed by atoms with Gasteiger partial charge in [-0.25, -0.2) is 8.42 Å². The highest BCUT2D eigenvalue weighted by Crippen LogP contribution is 2.26. The van der Waals surface area contributed by atoms with E-state index in [-0.39, 0.29) is 23.3 Å². The van der Waals surface area contributed by atoms with Gasteiger partial charge in [0.2, 0.25) is 15.9 Å². The van der Waals surface area contributed by atoms with Crippen molar-refractivity contribution in [3.8, 4) is 0 Å². The van der Waals surface area contributed by atoms with Crippen LogP contribution in [0.4, 0.5) is 5.69 Å². The molecule has 0 aliphatic carbocycles. The van der Waals surface area contributed by atoms with Gasteiger partial charge in [-0.05, 0) is 55.7 Å². The standard InChI is InChI=1S/C22H26ClN3O4S/c1-2-13-24-22(28)19-7-3-4-8-20(19)25-21(27)16-6-5-14-26(15-16)31(29,30)18-11-9-17(23)10-12-18/h3-4,7-12,16H,2,5-6,13-15H2,1H3,(H,24,28)(H,25,27)/t16-/m0/s1. The van der Waals surface area contributed by atoms with Gasteiger partial charge in [0, 0.05) is 24.7 Å². The number of rotatable bonds is 7. The second kappa shape index (κ2) is 10.3. The van der Waals surface area contributed by atoms with Crippen LogP contribution < -0.4 is 10.6 Å². The number of para-hydroxylation sites is 1. The first-order valence-corrected chi connectivity index (χ1v) is 12.1. The number of sulfonamides is 1. The monoisotopic (exact) mass is 463 g/mol. The number of carbonyl (C=O) groups is 2. The molecule has 1 fully saturated rings. The van der Waals surface area contributed by atoms with Crippen LogP contribution in [-0.2, 0) is 14.8 Å². The Hall–Kier alpha value is -2.42. The number of halogens is 1. The second-order valence-corrected chi connectivity index (χ2v) is 9.82. The van der Waals surface area contributed by atoms with E-state index >= 15 is 0 Å². The van der Waals surface area contributed by atoms with Crippen molar-refractivity contribution in [1.82, 2.24) is 9.62 Å². The molecule has 9 heteroatoms. The molecule has 1 aliphatic heterocycles. The fourth-order valence-corrected chi connectivity index (χ4v) is 5.14. The molecule has 0 unspecified atom stereocenters. The highest BCUT2D eigenvalue weighted by atomic mass is 35.5. The maximum Gasteiger partial charge on any atom is 0.253 e. The minimum atomic E-state index is -3.72. The molecule has 2 aromatic rings. The van der Waals surface area contributed by atoms with E-state index in [0.29, 0.717) is 42.2 Å². The molecule has 1 saturated heterocycles. The van der Waals surface area contributed by atoms with Crippen molar-refractivity contribution in [3.05, 3.63) is 59.1 Å². The molecule has 2 aromatic carbocycles. The van der Waals surface area contributed by atoms with E-state index < -0.39 is 15.9 Å². The average Bonchev–Trinajstić information content (AvgIpc) is 2.78. The second-order valence-electron chi connectivity index (χ2n) is 7.45. The summed E-state index contributed by atoms with van der Waals surface area (Å²) < 4.78 is 27.3. The molecule has 1 atom stereocenters. The molecule has 0 bridgehead atoms. The van der Waals surface area contributed by atoms with Gasteiger partial charge in [0.05, 0.1) is 22.1 Å². The normalized spacial score (nSPS) is 17.2. The van der Waals surface area contributed by atoms with Crippen LogP contribution in [0.1, 0.15) is 36.5 Å². The van der Waals surface area contributed by atoms with E-state index in [9.17, 15) is 18.0 Å². The van der Waals surface area contributed by atoms with Crippen molar-refractivity contribution < 1.29 is 18.0 Å². The van der Waals surface area contributed by atoms with Gasteiger partial charge < -0.3 is 10.6 Å². The van der Waals surface area contributed by atoms with Crippen molar-refractivity contribution in [3.63, 3.8) is 0 Å². The minimum absolute atomic E-state index is 0.0843. The molecule has 31 heavy (non-hydrogen) atoms. The van der Waals surface area contributed by atoms with E-state index in [1.807, 2.05) is 6.92 Å². The summed E-state index contributed by atoms with van der Waals surface area (Å²) in [6.45, 7) is 2.94. The summed E-state index contributed by atoms with van der Waals surface area (Å²) in [5.41, 5.74) is 0.796. The molecule has 7 nitrogen and oxygen atoms in total. The molecule has 3 rings (SSSR count). The third kappa shape index (κ3) is 5.64. The van der Waals surface area contributed by atoms with E-state index in [4.69, 9.17) is 11.6 Å². The lowest BCUT2D eigenvalue weighted by Gasteiger charge is -2.31. The molecule has 0 saturated carbocycles. The van der Waals surface area contributed by atoms with Crippen LogP contribution in [-0.4, -0.2) is 44.2 Å². The van der Waals surface area contributed by atoms with Crippen LogP contribution in [0.5, 0.6) is 0 Å².